The van der Waals surface area contributed by atoms with E-state index in [0.717, 1.165) is 24.1 Å². The van der Waals surface area contributed by atoms with Crippen molar-refractivity contribution in [1.29, 1.82) is 0 Å². The molecule has 1 aliphatic rings. The van der Waals surface area contributed by atoms with Crippen LogP contribution in [0.5, 0.6) is 0 Å². The number of nitrogens with one attached hydrogen (secondary N) is 1. The van der Waals surface area contributed by atoms with Gasteiger partial charge in [0.25, 0.3) is 5.91 Å². The number of amides is 1. The fraction of sp³-hybridized carbons (Fsp3) is 0.471. The molecular formula is C17H24N2O. The van der Waals surface area contributed by atoms with Gasteiger partial charge in [0, 0.05) is 17.8 Å². The number of carbonyl (C=O) groups excluding carboxylic acids is 1. The molecule has 3 heteroatoms. The van der Waals surface area contributed by atoms with Crippen molar-refractivity contribution in [1.82, 2.24) is 5.32 Å². The van der Waals surface area contributed by atoms with E-state index in [1.807, 2.05) is 19.1 Å². The predicted molar refractivity (Wildman–Crippen MR) is 83.7 cm³/mol. The first kappa shape index (κ1) is 14.6. The van der Waals surface area contributed by atoms with Gasteiger partial charge >= 0.3 is 0 Å². The molecule has 1 aromatic carbocycles. The fourth-order valence-corrected chi connectivity index (χ4v) is 2.35. The monoisotopic (exact) mass is 272 g/mol. The number of allylic oxidation sites excluding steroid dienone is 1. The molecule has 3 nitrogen and oxygen atoms in total. The van der Waals surface area contributed by atoms with Crippen molar-refractivity contribution >= 4 is 11.6 Å². The first-order valence-electron chi connectivity index (χ1n) is 7.31. The number of nitrogen functional groups attached to an aromatic ring is 1. The van der Waals surface area contributed by atoms with E-state index >= 15 is 0 Å². The minimum absolute atomic E-state index is 0.0401. The lowest BCUT2D eigenvalue weighted by Crippen LogP contribution is -2.22. The summed E-state index contributed by atoms with van der Waals surface area (Å²) in [7, 11) is 0. The lowest BCUT2D eigenvalue weighted by molar-refractivity contribution is 0.0956. The van der Waals surface area contributed by atoms with Crippen LogP contribution in [0.1, 0.15) is 49.0 Å². The molecule has 1 amide bonds. The fourth-order valence-electron chi connectivity index (χ4n) is 2.35. The number of rotatable bonds is 6. The Morgan fingerprint density at radius 1 is 1.45 bits per heavy atom. The predicted octanol–water partition coefficient (Wildman–Crippen LogP) is 3.31. The number of nitrogens with two attached hydrogens (primary N) is 1. The summed E-state index contributed by atoms with van der Waals surface area (Å²) in [4.78, 5) is 11.8. The summed E-state index contributed by atoms with van der Waals surface area (Å²) in [5.41, 5.74) is 10.1. The van der Waals surface area contributed by atoms with E-state index in [1.165, 1.54) is 18.4 Å². The average molecular weight is 272 g/mol. The highest BCUT2D eigenvalue weighted by atomic mass is 16.1. The molecular weight excluding hydrogens is 248 g/mol. The van der Waals surface area contributed by atoms with Crippen LogP contribution >= 0.6 is 0 Å². The zero-order valence-electron chi connectivity index (χ0n) is 12.5. The topological polar surface area (TPSA) is 55.1 Å². The van der Waals surface area contributed by atoms with Crippen LogP contribution in [0.15, 0.2) is 30.4 Å². The van der Waals surface area contributed by atoms with Gasteiger partial charge in [-0.1, -0.05) is 19.1 Å². The molecule has 108 valence electrons. The van der Waals surface area contributed by atoms with Crippen molar-refractivity contribution in [2.24, 2.45) is 5.41 Å². The normalized spacial score (nSPS) is 15.7. The van der Waals surface area contributed by atoms with Gasteiger partial charge < -0.3 is 11.1 Å². The lowest BCUT2D eigenvalue weighted by atomic mass is 9.93. The molecule has 0 aromatic heterocycles. The number of carbonyl (C=O) groups is 1. The molecule has 3 N–H and O–H groups in total. The van der Waals surface area contributed by atoms with E-state index in [4.69, 9.17) is 5.73 Å². The summed E-state index contributed by atoms with van der Waals surface area (Å²) in [5, 5.41) is 2.81. The number of benzene rings is 1. The van der Waals surface area contributed by atoms with Crippen molar-refractivity contribution in [3.05, 3.63) is 41.5 Å². The van der Waals surface area contributed by atoms with Crippen molar-refractivity contribution in [3.63, 3.8) is 0 Å². The van der Waals surface area contributed by atoms with Crippen molar-refractivity contribution in [2.75, 3.05) is 12.3 Å². The van der Waals surface area contributed by atoms with Crippen LogP contribution in [-0.2, 0) is 6.42 Å². The Kier molecular flexibility index (Phi) is 4.17. The van der Waals surface area contributed by atoms with Crippen molar-refractivity contribution in [3.8, 4) is 0 Å². The van der Waals surface area contributed by atoms with Gasteiger partial charge in [-0.3, -0.25) is 4.79 Å². The van der Waals surface area contributed by atoms with Crippen molar-refractivity contribution in [2.45, 2.75) is 39.5 Å². The molecule has 1 saturated carbocycles. The Hall–Kier alpha value is -1.77. The number of anilines is 1. The minimum Gasteiger partial charge on any atom is -0.399 e. The first-order valence-corrected chi connectivity index (χ1v) is 7.31. The summed E-state index contributed by atoms with van der Waals surface area (Å²) in [5.74, 6) is -0.0401. The molecule has 0 aliphatic heterocycles. The van der Waals surface area contributed by atoms with Crippen LogP contribution in [0.3, 0.4) is 0 Å². The molecule has 0 radical (unpaired) electrons. The molecule has 0 spiro atoms. The zero-order valence-corrected chi connectivity index (χ0v) is 12.5. The highest BCUT2D eigenvalue weighted by molar-refractivity contribution is 5.94. The second kappa shape index (κ2) is 5.70. The molecule has 1 fully saturated rings. The molecule has 0 atom stereocenters. The Morgan fingerprint density at radius 2 is 2.15 bits per heavy atom. The Labute approximate surface area is 121 Å². The Balaban J connectivity index is 2.04. The molecule has 0 heterocycles. The van der Waals surface area contributed by atoms with Crippen LogP contribution < -0.4 is 11.1 Å². The van der Waals surface area contributed by atoms with Gasteiger partial charge in [0.05, 0.1) is 0 Å². The third-order valence-corrected chi connectivity index (χ3v) is 4.29. The summed E-state index contributed by atoms with van der Waals surface area (Å²) in [6, 6.07) is 5.51. The third-order valence-electron chi connectivity index (χ3n) is 4.29. The van der Waals surface area contributed by atoms with Gasteiger partial charge in [0.2, 0.25) is 0 Å². The number of hydrogen-bond acceptors (Lipinski definition) is 2. The van der Waals surface area contributed by atoms with Gasteiger partial charge in [-0.2, -0.15) is 0 Å². The molecule has 0 saturated heterocycles. The Morgan fingerprint density at radius 3 is 2.75 bits per heavy atom. The van der Waals surface area contributed by atoms with E-state index in [2.05, 4.69) is 18.8 Å². The highest BCUT2D eigenvalue weighted by Gasteiger charge is 2.39. The largest absolute Gasteiger partial charge is 0.399 e. The van der Waals surface area contributed by atoms with Gasteiger partial charge in [-0.05, 0) is 61.8 Å². The summed E-state index contributed by atoms with van der Waals surface area (Å²) in [6.07, 6.45) is 4.30. The molecule has 0 unspecified atom stereocenters. The molecule has 1 aromatic rings. The zero-order chi connectivity index (χ0) is 14.8. The van der Waals surface area contributed by atoms with Crippen LogP contribution in [0, 0.1) is 5.41 Å². The maximum absolute atomic E-state index is 11.8. The van der Waals surface area contributed by atoms with Gasteiger partial charge in [-0.25, -0.2) is 0 Å². The SMILES string of the molecule is C=C(CCc1cc(C(=O)NCC)ccc1N)C1(C)CC1. The second-order valence-corrected chi connectivity index (χ2v) is 5.94. The summed E-state index contributed by atoms with van der Waals surface area (Å²) < 4.78 is 0. The molecule has 1 aliphatic carbocycles. The quantitative estimate of drug-likeness (QED) is 0.616. The van der Waals surface area contributed by atoms with E-state index in [1.54, 1.807) is 6.07 Å². The van der Waals surface area contributed by atoms with E-state index in [0.29, 0.717) is 17.5 Å². The van der Waals surface area contributed by atoms with E-state index < -0.39 is 0 Å². The van der Waals surface area contributed by atoms with Gasteiger partial charge in [0.15, 0.2) is 0 Å². The molecule has 2 rings (SSSR count). The second-order valence-electron chi connectivity index (χ2n) is 5.94. The maximum Gasteiger partial charge on any atom is 0.251 e. The summed E-state index contributed by atoms with van der Waals surface area (Å²) in [6.45, 7) is 9.01. The van der Waals surface area contributed by atoms with Crippen LogP contribution in [-0.4, -0.2) is 12.5 Å². The van der Waals surface area contributed by atoms with Crippen LogP contribution in [0.25, 0.3) is 0 Å². The minimum atomic E-state index is -0.0401. The average Bonchev–Trinajstić information content (AvgIpc) is 3.17. The lowest BCUT2D eigenvalue weighted by Gasteiger charge is -2.14. The van der Waals surface area contributed by atoms with Crippen LogP contribution in [0.4, 0.5) is 5.69 Å². The van der Waals surface area contributed by atoms with Gasteiger partial charge in [-0.15, -0.1) is 0 Å². The standard InChI is InChI=1S/C17H24N2O/c1-4-19-16(20)14-7-8-15(18)13(11-14)6-5-12(2)17(3)9-10-17/h7-8,11H,2,4-6,9-10,18H2,1,3H3,(H,19,20). The molecule has 0 bridgehead atoms. The first-order chi connectivity index (χ1) is 9.46. The smallest absolute Gasteiger partial charge is 0.251 e. The van der Waals surface area contributed by atoms with Gasteiger partial charge in [0.1, 0.15) is 0 Å². The third kappa shape index (κ3) is 3.21. The van der Waals surface area contributed by atoms with Crippen molar-refractivity contribution < 1.29 is 4.79 Å². The highest BCUT2D eigenvalue weighted by Crippen LogP contribution is 2.51. The van der Waals surface area contributed by atoms with E-state index in [9.17, 15) is 4.79 Å². The Bertz CT molecular complexity index is 530. The van der Waals surface area contributed by atoms with Crippen LogP contribution in [0.2, 0.25) is 0 Å². The number of aryl methyl sites for hydroxylation is 1. The summed E-state index contributed by atoms with van der Waals surface area (Å²) >= 11 is 0. The molecule has 20 heavy (non-hydrogen) atoms. The maximum atomic E-state index is 11.8. The number of hydrogen-bond donors (Lipinski definition) is 2. The van der Waals surface area contributed by atoms with E-state index in [-0.39, 0.29) is 5.91 Å².